The third-order valence-corrected chi connectivity index (χ3v) is 2.99. The van der Waals surface area contributed by atoms with Crippen LogP contribution in [-0.2, 0) is 4.74 Å². The molecule has 1 aliphatic heterocycles. The molecule has 0 aliphatic carbocycles. The second-order valence-electron chi connectivity index (χ2n) is 4.27. The highest BCUT2D eigenvalue weighted by atomic mass is 35.5. The van der Waals surface area contributed by atoms with E-state index in [0.717, 1.165) is 18.9 Å². The lowest BCUT2D eigenvalue weighted by Gasteiger charge is -2.36. The second-order valence-corrected chi connectivity index (χ2v) is 4.68. The molecule has 2 rings (SSSR count). The van der Waals surface area contributed by atoms with E-state index in [1.807, 2.05) is 26.0 Å². The van der Waals surface area contributed by atoms with Gasteiger partial charge in [-0.2, -0.15) is 5.26 Å². The van der Waals surface area contributed by atoms with Gasteiger partial charge in [0.15, 0.2) is 5.69 Å². The molecule has 5 heteroatoms. The monoisotopic (exact) mass is 251 g/mol. The van der Waals surface area contributed by atoms with Crippen LogP contribution in [0.25, 0.3) is 0 Å². The van der Waals surface area contributed by atoms with Crippen molar-refractivity contribution in [3.63, 3.8) is 0 Å². The van der Waals surface area contributed by atoms with Crippen LogP contribution in [0, 0.1) is 11.3 Å². The van der Waals surface area contributed by atoms with E-state index >= 15 is 0 Å². The van der Waals surface area contributed by atoms with Crippen LogP contribution in [0.1, 0.15) is 19.5 Å². The largest absolute Gasteiger partial charge is 0.372 e. The third-order valence-electron chi connectivity index (χ3n) is 2.68. The molecule has 0 bridgehead atoms. The van der Waals surface area contributed by atoms with Crippen LogP contribution in [-0.4, -0.2) is 30.3 Å². The molecule has 1 aromatic rings. The molecule has 0 aromatic carbocycles. The van der Waals surface area contributed by atoms with Gasteiger partial charge in [-0.25, -0.2) is 4.98 Å². The van der Waals surface area contributed by atoms with E-state index in [0.29, 0.717) is 5.02 Å². The number of ether oxygens (including phenoxy) is 1. The molecule has 0 saturated carbocycles. The number of aromatic nitrogens is 1. The van der Waals surface area contributed by atoms with Crippen molar-refractivity contribution in [1.29, 1.82) is 5.26 Å². The molecule has 2 atom stereocenters. The Morgan fingerprint density at radius 1 is 1.41 bits per heavy atom. The van der Waals surface area contributed by atoms with Gasteiger partial charge in [0.2, 0.25) is 0 Å². The van der Waals surface area contributed by atoms with Crippen LogP contribution in [0.5, 0.6) is 0 Å². The van der Waals surface area contributed by atoms with Gasteiger partial charge in [-0.05, 0) is 26.0 Å². The summed E-state index contributed by atoms with van der Waals surface area (Å²) in [6, 6.07) is 5.55. The molecule has 17 heavy (non-hydrogen) atoms. The smallest absolute Gasteiger partial charge is 0.161 e. The minimum Gasteiger partial charge on any atom is -0.372 e. The van der Waals surface area contributed by atoms with E-state index in [4.69, 9.17) is 21.6 Å². The fraction of sp³-hybridized carbons (Fsp3) is 0.500. The lowest BCUT2D eigenvalue weighted by atomic mass is 10.2. The fourth-order valence-electron chi connectivity index (χ4n) is 2.05. The third kappa shape index (κ3) is 2.68. The average Bonchev–Trinajstić information content (AvgIpc) is 2.28. The number of nitriles is 1. The summed E-state index contributed by atoms with van der Waals surface area (Å²) in [7, 11) is 0. The Morgan fingerprint density at radius 3 is 2.65 bits per heavy atom. The van der Waals surface area contributed by atoms with Gasteiger partial charge < -0.3 is 9.64 Å². The molecular formula is C12H14ClN3O. The molecule has 1 fully saturated rings. The first kappa shape index (κ1) is 12.2. The molecule has 1 aromatic heterocycles. The van der Waals surface area contributed by atoms with E-state index in [1.54, 1.807) is 6.07 Å². The van der Waals surface area contributed by atoms with Crippen LogP contribution >= 0.6 is 11.6 Å². The molecule has 0 spiro atoms. The molecule has 1 aliphatic rings. The minimum atomic E-state index is 0.168. The maximum absolute atomic E-state index is 8.91. The fourth-order valence-corrected chi connectivity index (χ4v) is 2.20. The standard InChI is InChI=1S/C12H14ClN3O/c1-8-6-16(7-9(2)17-8)12-4-3-10(13)11(5-14)15-12/h3-4,8-9H,6-7H2,1-2H3. The predicted octanol–water partition coefficient (Wildman–Crippen LogP) is 2.22. The van der Waals surface area contributed by atoms with Gasteiger partial charge in [0.05, 0.1) is 17.2 Å². The van der Waals surface area contributed by atoms with Gasteiger partial charge >= 0.3 is 0 Å². The molecule has 0 N–H and O–H groups in total. The van der Waals surface area contributed by atoms with Crippen molar-refractivity contribution in [1.82, 2.24) is 4.98 Å². The number of rotatable bonds is 1. The molecule has 2 unspecified atom stereocenters. The molecule has 2 heterocycles. The molecule has 0 amide bonds. The highest BCUT2D eigenvalue weighted by Crippen LogP contribution is 2.22. The molecule has 0 radical (unpaired) electrons. The van der Waals surface area contributed by atoms with Crippen molar-refractivity contribution in [2.24, 2.45) is 0 Å². The van der Waals surface area contributed by atoms with Crippen molar-refractivity contribution < 1.29 is 4.74 Å². The predicted molar refractivity (Wildman–Crippen MR) is 66.2 cm³/mol. The van der Waals surface area contributed by atoms with E-state index in [9.17, 15) is 0 Å². The van der Waals surface area contributed by atoms with Gasteiger partial charge in [-0.15, -0.1) is 0 Å². The summed E-state index contributed by atoms with van der Waals surface area (Å²) < 4.78 is 5.66. The van der Waals surface area contributed by atoms with Crippen molar-refractivity contribution >= 4 is 17.4 Å². The topological polar surface area (TPSA) is 49.2 Å². The highest BCUT2D eigenvalue weighted by molar-refractivity contribution is 6.31. The molecule has 1 saturated heterocycles. The summed E-state index contributed by atoms with van der Waals surface area (Å²) in [5, 5.41) is 9.30. The number of pyridine rings is 1. The maximum atomic E-state index is 8.91. The summed E-state index contributed by atoms with van der Waals surface area (Å²) in [5.74, 6) is 0.785. The van der Waals surface area contributed by atoms with Gasteiger partial charge in [-0.1, -0.05) is 11.6 Å². The number of hydrogen-bond acceptors (Lipinski definition) is 4. The molecule has 4 nitrogen and oxygen atoms in total. The Balaban J connectivity index is 2.25. The first-order valence-electron chi connectivity index (χ1n) is 5.57. The lowest BCUT2D eigenvalue weighted by molar-refractivity contribution is -0.00546. The normalized spacial score (nSPS) is 24.5. The SMILES string of the molecule is CC1CN(c2ccc(Cl)c(C#N)n2)CC(C)O1. The zero-order valence-electron chi connectivity index (χ0n) is 9.85. The molecule has 90 valence electrons. The number of morpholine rings is 1. The van der Waals surface area contributed by atoms with Gasteiger partial charge in [0.1, 0.15) is 11.9 Å². The highest BCUT2D eigenvalue weighted by Gasteiger charge is 2.23. The summed E-state index contributed by atoms with van der Waals surface area (Å²) in [6.07, 6.45) is 0.337. The lowest BCUT2D eigenvalue weighted by Crippen LogP contribution is -2.45. The Kier molecular flexibility index (Phi) is 3.51. The first-order chi connectivity index (χ1) is 8.10. The summed E-state index contributed by atoms with van der Waals surface area (Å²) in [6.45, 7) is 5.63. The summed E-state index contributed by atoms with van der Waals surface area (Å²) in [4.78, 5) is 6.38. The van der Waals surface area contributed by atoms with Crippen LogP contribution in [0.3, 0.4) is 0 Å². The van der Waals surface area contributed by atoms with Crippen molar-refractivity contribution in [2.75, 3.05) is 18.0 Å². The zero-order chi connectivity index (χ0) is 12.4. The summed E-state index contributed by atoms with van der Waals surface area (Å²) >= 11 is 5.86. The second kappa shape index (κ2) is 4.91. The average molecular weight is 252 g/mol. The summed E-state index contributed by atoms with van der Waals surface area (Å²) in [5.41, 5.74) is 0.274. The van der Waals surface area contributed by atoms with Gasteiger partial charge in [-0.3, -0.25) is 0 Å². The van der Waals surface area contributed by atoms with Gasteiger partial charge in [0, 0.05) is 13.1 Å². The Morgan fingerprint density at radius 2 is 2.06 bits per heavy atom. The van der Waals surface area contributed by atoms with Crippen LogP contribution in [0.15, 0.2) is 12.1 Å². The van der Waals surface area contributed by atoms with Crippen LogP contribution in [0.2, 0.25) is 5.02 Å². The number of anilines is 1. The maximum Gasteiger partial charge on any atom is 0.161 e. The Bertz CT molecular complexity index is 448. The van der Waals surface area contributed by atoms with Crippen LogP contribution in [0.4, 0.5) is 5.82 Å². The van der Waals surface area contributed by atoms with Crippen LogP contribution < -0.4 is 4.90 Å². The Hall–Kier alpha value is -1.31. The number of halogens is 1. The van der Waals surface area contributed by atoms with E-state index in [2.05, 4.69) is 9.88 Å². The number of nitrogens with zero attached hydrogens (tertiary/aromatic N) is 3. The van der Waals surface area contributed by atoms with Crippen molar-refractivity contribution in [3.05, 3.63) is 22.8 Å². The number of hydrogen-bond donors (Lipinski definition) is 0. The quantitative estimate of drug-likeness (QED) is 0.768. The van der Waals surface area contributed by atoms with Crippen molar-refractivity contribution in [3.8, 4) is 6.07 Å². The van der Waals surface area contributed by atoms with Gasteiger partial charge in [0.25, 0.3) is 0 Å². The van der Waals surface area contributed by atoms with E-state index in [1.165, 1.54) is 0 Å². The first-order valence-corrected chi connectivity index (χ1v) is 5.95. The Labute approximate surface area is 106 Å². The van der Waals surface area contributed by atoms with E-state index < -0.39 is 0 Å². The molecular weight excluding hydrogens is 238 g/mol. The van der Waals surface area contributed by atoms with Crippen molar-refractivity contribution in [2.45, 2.75) is 26.1 Å². The zero-order valence-corrected chi connectivity index (χ0v) is 10.6. The van der Waals surface area contributed by atoms with E-state index in [-0.39, 0.29) is 17.9 Å². The minimum absolute atomic E-state index is 0.168.